The van der Waals surface area contributed by atoms with E-state index in [-0.39, 0.29) is 0 Å². The second-order valence-corrected chi connectivity index (χ2v) is 8.26. The average Bonchev–Trinajstić information content (AvgIpc) is 3.13. The van der Waals surface area contributed by atoms with Gasteiger partial charge in [0.2, 0.25) is 0 Å². The maximum Gasteiger partial charge on any atom is 0.122 e. The predicted octanol–water partition coefficient (Wildman–Crippen LogP) is 1.37. The first-order chi connectivity index (χ1) is 12.2. The van der Waals surface area contributed by atoms with Gasteiger partial charge >= 0.3 is 0 Å². The Morgan fingerprint density at radius 1 is 1.12 bits per heavy atom. The van der Waals surface area contributed by atoms with Crippen molar-refractivity contribution in [2.24, 2.45) is 18.4 Å². The number of likely N-dealkylation sites (tertiary alicyclic amines) is 1. The van der Waals surface area contributed by atoms with Gasteiger partial charge in [0, 0.05) is 64.2 Å². The number of aryl methyl sites for hydroxylation is 1. The van der Waals surface area contributed by atoms with Crippen molar-refractivity contribution in [1.82, 2.24) is 19.4 Å². The molecule has 6 heteroatoms. The summed E-state index contributed by atoms with van der Waals surface area (Å²) in [6, 6.07) is 0. The molecular formula is C19H32N4O2. The lowest BCUT2D eigenvalue weighted by Gasteiger charge is -2.34. The van der Waals surface area contributed by atoms with Crippen molar-refractivity contribution in [3.8, 4) is 0 Å². The molecule has 4 heterocycles. The molecule has 0 aromatic carbocycles. The van der Waals surface area contributed by atoms with Gasteiger partial charge in [-0.05, 0) is 31.7 Å². The molecule has 3 aliphatic rings. The minimum atomic E-state index is 0.298. The summed E-state index contributed by atoms with van der Waals surface area (Å²) < 4.78 is 13.7. The van der Waals surface area contributed by atoms with Crippen LogP contribution < -0.4 is 0 Å². The fourth-order valence-corrected chi connectivity index (χ4v) is 4.69. The van der Waals surface area contributed by atoms with Crippen LogP contribution in [0.2, 0.25) is 0 Å². The lowest BCUT2D eigenvalue weighted by Crippen LogP contribution is -2.43. The average molecular weight is 348 g/mol. The van der Waals surface area contributed by atoms with Gasteiger partial charge in [0.1, 0.15) is 5.82 Å². The van der Waals surface area contributed by atoms with Gasteiger partial charge in [-0.3, -0.25) is 4.90 Å². The van der Waals surface area contributed by atoms with Crippen molar-refractivity contribution >= 4 is 0 Å². The largest absolute Gasteiger partial charge is 0.381 e. The molecule has 0 radical (unpaired) electrons. The predicted molar refractivity (Wildman–Crippen MR) is 96.3 cm³/mol. The molecule has 0 unspecified atom stereocenters. The van der Waals surface area contributed by atoms with Crippen LogP contribution in [0.4, 0.5) is 0 Å². The molecule has 0 amide bonds. The van der Waals surface area contributed by atoms with Gasteiger partial charge < -0.3 is 18.9 Å². The van der Waals surface area contributed by atoms with Crippen molar-refractivity contribution in [1.29, 1.82) is 0 Å². The van der Waals surface area contributed by atoms with Crippen molar-refractivity contribution in [2.45, 2.75) is 25.8 Å². The van der Waals surface area contributed by atoms with E-state index in [1.54, 1.807) is 0 Å². The van der Waals surface area contributed by atoms with Gasteiger partial charge in [0.05, 0.1) is 19.8 Å². The molecule has 6 nitrogen and oxygen atoms in total. The molecule has 25 heavy (non-hydrogen) atoms. The third-order valence-corrected chi connectivity index (χ3v) is 6.18. The first-order valence-corrected chi connectivity index (χ1v) is 9.79. The first-order valence-electron chi connectivity index (χ1n) is 9.79. The summed E-state index contributed by atoms with van der Waals surface area (Å²) in [4.78, 5) is 9.72. The number of aromatic nitrogens is 2. The smallest absolute Gasteiger partial charge is 0.122 e. The molecule has 3 fully saturated rings. The van der Waals surface area contributed by atoms with Crippen LogP contribution >= 0.6 is 0 Å². The Labute approximate surface area is 151 Å². The summed E-state index contributed by atoms with van der Waals surface area (Å²) in [6.45, 7) is 10.4. The summed E-state index contributed by atoms with van der Waals surface area (Å²) >= 11 is 0. The maximum atomic E-state index is 6.05. The minimum Gasteiger partial charge on any atom is -0.381 e. The number of ether oxygens (including phenoxy) is 2. The Morgan fingerprint density at radius 3 is 2.76 bits per heavy atom. The fourth-order valence-electron chi connectivity index (χ4n) is 4.69. The standard InChI is InChI=1S/C19H32N4O2/c1-21-7-5-20-18(21)13-22-6-4-19(14-22)15-23(8-11-25-16-19)12-17-2-9-24-10-3-17/h5,7,17H,2-4,6,8-16H2,1H3/t19-/m1/s1. The second kappa shape index (κ2) is 7.74. The summed E-state index contributed by atoms with van der Waals surface area (Å²) in [5, 5.41) is 0. The molecule has 140 valence electrons. The van der Waals surface area contributed by atoms with Crippen molar-refractivity contribution < 1.29 is 9.47 Å². The molecular weight excluding hydrogens is 316 g/mol. The van der Waals surface area contributed by atoms with Gasteiger partial charge in [0.25, 0.3) is 0 Å². The van der Waals surface area contributed by atoms with E-state index in [1.165, 1.54) is 32.4 Å². The Hall–Kier alpha value is -0.950. The zero-order valence-corrected chi connectivity index (χ0v) is 15.5. The highest BCUT2D eigenvalue weighted by atomic mass is 16.5. The molecule has 1 aromatic rings. The Kier molecular flexibility index (Phi) is 5.41. The van der Waals surface area contributed by atoms with Gasteiger partial charge in [-0.2, -0.15) is 0 Å². The van der Waals surface area contributed by atoms with Crippen LogP contribution in [0.15, 0.2) is 12.4 Å². The fraction of sp³-hybridized carbons (Fsp3) is 0.842. The molecule has 0 aliphatic carbocycles. The third kappa shape index (κ3) is 4.25. The molecule has 3 aliphatic heterocycles. The molecule has 4 rings (SSSR count). The lowest BCUT2D eigenvalue weighted by atomic mass is 9.87. The van der Waals surface area contributed by atoms with Crippen LogP contribution in [-0.4, -0.2) is 78.5 Å². The van der Waals surface area contributed by atoms with Gasteiger partial charge in [-0.25, -0.2) is 4.98 Å². The van der Waals surface area contributed by atoms with Crippen LogP contribution in [0.5, 0.6) is 0 Å². The Morgan fingerprint density at radius 2 is 1.96 bits per heavy atom. The summed E-state index contributed by atoms with van der Waals surface area (Å²) in [6.07, 6.45) is 7.60. The van der Waals surface area contributed by atoms with E-state index < -0.39 is 0 Å². The van der Waals surface area contributed by atoms with Crippen molar-refractivity contribution in [3.63, 3.8) is 0 Å². The highest BCUT2D eigenvalue weighted by Gasteiger charge is 2.41. The molecule has 1 aromatic heterocycles. The van der Waals surface area contributed by atoms with Gasteiger partial charge in [-0.1, -0.05) is 0 Å². The Balaban J connectivity index is 1.36. The van der Waals surface area contributed by atoms with E-state index >= 15 is 0 Å². The van der Waals surface area contributed by atoms with Gasteiger partial charge in [0.15, 0.2) is 0 Å². The monoisotopic (exact) mass is 348 g/mol. The zero-order chi connectivity index (χ0) is 17.1. The van der Waals surface area contributed by atoms with Crippen LogP contribution in [0.25, 0.3) is 0 Å². The molecule has 0 bridgehead atoms. The number of rotatable bonds is 4. The third-order valence-electron chi connectivity index (χ3n) is 6.18. The van der Waals surface area contributed by atoms with Crippen LogP contribution in [0, 0.1) is 11.3 Å². The lowest BCUT2D eigenvalue weighted by molar-refractivity contribution is 0.0468. The summed E-state index contributed by atoms with van der Waals surface area (Å²) in [5.74, 6) is 1.96. The SMILES string of the molecule is Cn1ccnc1CN1CC[C@@]2(COCCN(CC3CCOCC3)C2)C1. The number of hydrogen-bond donors (Lipinski definition) is 0. The minimum absolute atomic E-state index is 0.298. The van der Waals surface area contributed by atoms with Crippen LogP contribution in [-0.2, 0) is 23.1 Å². The number of imidazole rings is 1. The molecule has 0 N–H and O–H groups in total. The first kappa shape index (κ1) is 17.5. The van der Waals surface area contributed by atoms with E-state index in [1.807, 2.05) is 12.4 Å². The summed E-state index contributed by atoms with van der Waals surface area (Å²) in [7, 11) is 2.08. The van der Waals surface area contributed by atoms with Gasteiger partial charge in [-0.15, -0.1) is 0 Å². The van der Waals surface area contributed by atoms with E-state index in [0.717, 1.165) is 64.3 Å². The van der Waals surface area contributed by atoms with E-state index in [4.69, 9.17) is 9.47 Å². The molecule has 1 spiro atoms. The topological polar surface area (TPSA) is 42.8 Å². The van der Waals surface area contributed by atoms with Crippen LogP contribution in [0.3, 0.4) is 0 Å². The van der Waals surface area contributed by atoms with E-state index in [0.29, 0.717) is 5.41 Å². The zero-order valence-electron chi connectivity index (χ0n) is 15.5. The van der Waals surface area contributed by atoms with Crippen molar-refractivity contribution in [3.05, 3.63) is 18.2 Å². The number of hydrogen-bond acceptors (Lipinski definition) is 5. The normalized spacial score (nSPS) is 30.1. The summed E-state index contributed by atoms with van der Waals surface area (Å²) in [5.41, 5.74) is 0.298. The molecule has 1 atom stereocenters. The Bertz CT molecular complexity index is 557. The maximum absolute atomic E-state index is 6.05. The molecule has 0 saturated carbocycles. The van der Waals surface area contributed by atoms with E-state index in [2.05, 4.69) is 26.4 Å². The highest BCUT2D eigenvalue weighted by molar-refractivity contribution is 4.97. The van der Waals surface area contributed by atoms with Crippen LogP contribution in [0.1, 0.15) is 25.1 Å². The quantitative estimate of drug-likeness (QED) is 0.822. The highest BCUT2D eigenvalue weighted by Crippen LogP contribution is 2.34. The number of nitrogens with zero attached hydrogens (tertiary/aromatic N) is 4. The van der Waals surface area contributed by atoms with Crippen molar-refractivity contribution in [2.75, 3.05) is 59.2 Å². The van der Waals surface area contributed by atoms with E-state index in [9.17, 15) is 0 Å². The second-order valence-electron chi connectivity index (χ2n) is 8.26. The molecule has 3 saturated heterocycles.